The van der Waals surface area contributed by atoms with Gasteiger partial charge in [-0.3, -0.25) is 0 Å². The van der Waals surface area contributed by atoms with E-state index in [2.05, 4.69) is 180 Å². The molecule has 0 aliphatic carbocycles. The van der Waals surface area contributed by atoms with Crippen LogP contribution in [0.5, 0.6) is 0 Å². The van der Waals surface area contributed by atoms with Crippen LogP contribution < -0.4 is 0 Å². The molecule has 5 heteroatoms. The average molecular weight is 788 g/mol. The highest BCUT2D eigenvalue weighted by molar-refractivity contribution is 7.27. The number of hydrogen-bond donors (Lipinski definition) is 0. The summed E-state index contributed by atoms with van der Waals surface area (Å²) in [5, 5.41) is 12.0. The first-order valence-electron chi connectivity index (χ1n) is 19.9. The van der Waals surface area contributed by atoms with Gasteiger partial charge in [0, 0.05) is 83.8 Å². The molecule has 0 amide bonds. The second-order valence-corrected chi connectivity index (χ2v) is 17.6. The largest absolute Gasteiger partial charge is 0.456 e. The van der Waals surface area contributed by atoms with Crippen LogP contribution >= 0.6 is 22.7 Å². The van der Waals surface area contributed by atoms with Crippen LogP contribution in [0.4, 0.5) is 0 Å². The third-order valence-electron chi connectivity index (χ3n) is 12.4. The Bertz CT molecular complexity index is 4040. The number of rotatable bonds is 3. The Kier molecular flexibility index (Phi) is 6.32. The van der Waals surface area contributed by atoms with Crippen LogP contribution in [0.3, 0.4) is 0 Å². The van der Waals surface area contributed by atoms with Crippen LogP contribution in [0.1, 0.15) is 0 Å². The lowest BCUT2D eigenvalue weighted by molar-refractivity contribution is 0.661. The van der Waals surface area contributed by atoms with E-state index in [1.807, 2.05) is 22.7 Å². The SMILES string of the molecule is c1cc(-c2ccc3sc4c(-c5cccc6c5sc5ccccc56)cccc4c3c2)c2c(c1)oc1ccc3oc4c(-n5c6ccccc6c6ccccc65)cccc4c3c12. The summed E-state index contributed by atoms with van der Waals surface area (Å²) in [5.41, 5.74) is 11.7. The van der Waals surface area contributed by atoms with E-state index in [-0.39, 0.29) is 0 Å². The third-order valence-corrected chi connectivity index (χ3v) is 14.9. The van der Waals surface area contributed by atoms with Crippen molar-refractivity contribution < 1.29 is 8.83 Å². The van der Waals surface area contributed by atoms with Crippen molar-refractivity contribution in [3.05, 3.63) is 176 Å². The molecule has 0 bridgehead atoms. The molecule has 5 aromatic heterocycles. The summed E-state index contributed by atoms with van der Waals surface area (Å²) in [6.45, 7) is 0. The van der Waals surface area contributed by atoms with Crippen molar-refractivity contribution in [2.45, 2.75) is 0 Å². The predicted octanol–water partition coefficient (Wildman–Crippen LogP) is 16.7. The minimum absolute atomic E-state index is 0.846. The predicted molar refractivity (Wildman–Crippen MR) is 252 cm³/mol. The van der Waals surface area contributed by atoms with Crippen LogP contribution in [0.25, 0.3) is 134 Å². The number of fused-ring (bicyclic) bond motifs is 16. The van der Waals surface area contributed by atoms with E-state index in [1.165, 1.54) is 67.8 Å². The van der Waals surface area contributed by atoms with Crippen LogP contribution in [0.2, 0.25) is 0 Å². The molecule has 0 saturated heterocycles. The maximum Gasteiger partial charge on any atom is 0.159 e. The summed E-state index contributed by atoms with van der Waals surface area (Å²) in [6.07, 6.45) is 0. The van der Waals surface area contributed by atoms with E-state index < -0.39 is 0 Å². The molecular formula is C54H29NO2S2. The molecule has 0 spiro atoms. The van der Waals surface area contributed by atoms with Crippen molar-refractivity contribution in [3.8, 4) is 27.9 Å². The van der Waals surface area contributed by atoms with Crippen LogP contribution in [0.15, 0.2) is 185 Å². The first-order valence-corrected chi connectivity index (χ1v) is 21.5. The first kappa shape index (κ1) is 31.9. The minimum atomic E-state index is 0.846. The Labute approximate surface area is 344 Å². The summed E-state index contributed by atoms with van der Waals surface area (Å²) in [5.74, 6) is 0. The highest BCUT2D eigenvalue weighted by atomic mass is 32.1. The van der Waals surface area contributed by atoms with Crippen molar-refractivity contribution in [1.82, 2.24) is 4.57 Å². The van der Waals surface area contributed by atoms with Gasteiger partial charge in [-0.25, -0.2) is 0 Å². The Hall–Kier alpha value is -7.18. The monoisotopic (exact) mass is 787 g/mol. The average Bonchev–Trinajstić information content (AvgIpc) is 4.11. The zero-order chi connectivity index (χ0) is 38.3. The lowest BCUT2D eigenvalue weighted by Gasteiger charge is -2.08. The molecule has 3 nitrogen and oxygen atoms in total. The van der Waals surface area contributed by atoms with Gasteiger partial charge in [0.05, 0.1) is 16.7 Å². The standard InChI is InChI=1S/C54H29NO2S2/c1-4-20-41-32(11-1)33-12-2-5-21-42(33)55(41)43-22-9-19-39-50-45(57-52(39)43)26-27-46-51(50)49-31(14-10-23-44(49)56-46)30-25-28-48-40(29-30)38-18-8-17-37(54(38)59-48)36-16-7-15-35-34-13-3-6-24-47(34)58-53(35)36/h1-29H. The fourth-order valence-electron chi connectivity index (χ4n) is 9.92. The van der Waals surface area contributed by atoms with E-state index in [0.717, 1.165) is 66.2 Å². The van der Waals surface area contributed by atoms with Gasteiger partial charge >= 0.3 is 0 Å². The summed E-state index contributed by atoms with van der Waals surface area (Å²) in [6, 6.07) is 63.7. The second kappa shape index (κ2) is 11.7. The van der Waals surface area contributed by atoms with Crippen LogP contribution in [-0.2, 0) is 0 Å². The maximum atomic E-state index is 6.90. The summed E-state index contributed by atoms with van der Waals surface area (Å²) < 4.78 is 21.2. The number of nitrogens with zero attached hydrogens (tertiary/aromatic N) is 1. The summed E-state index contributed by atoms with van der Waals surface area (Å²) in [7, 11) is 0. The summed E-state index contributed by atoms with van der Waals surface area (Å²) >= 11 is 3.78. The lowest BCUT2D eigenvalue weighted by Crippen LogP contribution is -1.93. The molecule has 0 unspecified atom stereocenters. The van der Waals surface area contributed by atoms with E-state index in [4.69, 9.17) is 8.83 Å². The zero-order valence-electron chi connectivity index (χ0n) is 31.3. The molecule has 9 aromatic carbocycles. The van der Waals surface area contributed by atoms with Crippen molar-refractivity contribution in [1.29, 1.82) is 0 Å². The summed E-state index contributed by atoms with van der Waals surface area (Å²) in [4.78, 5) is 0. The van der Waals surface area contributed by atoms with Gasteiger partial charge in [-0.05, 0) is 65.7 Å². The molecule has 0 saturated carbocycles. The molecule has 14 aromatic rings. The van der Waals surface area contributed by atoms with Crippen LogP contribution in [-0.4, -0.2) is 4.57 Å². The van der Waals surface area contributed by atoms with Gasteiger partial charge in [0.1, 0.15) is 16.7 Å². The minimum Gasteiger partial charge on any atom is -0.456 e. The van der Waals surface area contributed by atoms with Crippen molar-refractivity contribution >= 4 is 129 Å². The van der Waals surface area contributed by atoms with Gasteiger partial charge in [-0.15, -0.1) is 22.7 Å². The number of thiophene rings is 2. The Balaban J connectivity index is 0.990. The van der Waals surface area contributed by atoms with Gasteiger partial charge in [0.15, 0.2) is 5.58 Å². The van der Waals surface area contributed by atoms with Gasteiger partial charge < -0.3 is 13.4 Å². The van der Waals surface area contributed by atoms with E-state index in [0.29, 0.717) is 0 Å². The topological polar surface area (TPSA) is 31.2 Å². The van der Waals surface area contributed by atoms with E-state index in [1.54, 1.807) is 0 Å². The van der Waals surface area contributed by atoms with Gasteiger partial charge in [0.25, 0.3) is 0 Å². The van der Waals surface area contributed by atoms with E-state index >= 15 is 0 Å². The maximum absolute atomic E-state index is 6.90. The quantitative estimate of drug-likeness (QED) is 0.179. The highest BCUT2D eigenvalue weighted by Crippen LogP contribution is 2.48. The van der Waals surface area contributed by atoms with E-state index in [9.17, 15) is 0 Å². The van der Waals surface area contributed by atoms with Crippen molar-refractivity contribution in [3.63, 3.8) is 0 Å². The fourth-order valence-corrected chi connectivity index (χ4v) is 12.4. The Morgan fingerprint density at radius 3 is 1.68 bits per heavy atom. The van der Waals surface area contributed by atoms with Gasteiger partial charge in [0.2, 0.25) is 0 Å². The van der Waals surface area contributed by atoms with Gasteiger partial charge in [-0.2, -0.15) is 0 Å². The van der Waals surface area contributed by atoms with Crippen molar-refractivity contribution in [2.24, 2.45) is 0 Å². The molecule has 0 atom stereocenters. The van der Waals surface area contributed by atoms with Crippen molar-refractivity contribution in [2.75, 3.05) is 0 Å². The normalized spacial score (nSPS) is 12.4. The van der Waals surface area contributed by atoms with Gasteiger partial charge in [-0.1, -0.05) is 121 Å². The zero-order valence-corrected chi connectivity index (χ0v) is 33.0. The number of hydrogen-bond acceptors (Lipinski definition) is 4. The second-order valence-electron chi connectivity index (χ2n) is 15.5. The molecule has 0 aliphatic rings. The molecule has 59 heavy (non-hydrogen) atoms. The Morgan fingerprint density at radius 1 is 0.356 bits per heavy atom. The number of furan rings is 2. The molecular weight excluding hydrogens is 759 g/mol. The Morgan fingerprint density at radius 2 is 0.915 bits per heavy atom. The molecule has 0 fully saturated rings. The molecule has 5 heterocycles. The molecule has 0 radical (unpaired) electrons. The number of aromatic nitrogens is 1. The molecule has 0 N–H and O–H groups in total. The first-order chi connectivity index (χ1) is 29.3. The molecule has 0 aliphatic heterocycles. The highest BCUT2D eigenvalue weighted by Gasteiger charge is 2.23. The lowest BCUT2D eigenvalue weighted by atomic mass is 9.95. The smallest absolute Gasteiger partial charge is 0.159 e. The number of benzene rings is 9. The van der Waals surface area contributed by atoms with Crippen LogP contribution in [0, 0.1) is 0 Å². The number of para-hydroxylation sites is 3. The fraction of sp³-hybridized carbons (Fsp3) is 0. The molecule has 14 rings (SSSR count). The third kappa shape index (κ3) is 4.30. The molecule has 274 valence electrons.